The van der Waals surface area contributed by atoms with E-state index in [0.717, 1.165) is 10.8 Å². The number of fused-ring (bicyclic) bond motifs is 1. The maximum Gasteiger partial charge on any atom is 0.376 e. The molecule has 0 unspecified atom stereocenters. The Bertz CT molecular complexity index is 2920. The molecule has 0 bridgehead atoms. The molecule has 69 heavy (non-hydrogen) atoms. The highest BCUT2D eigenvalue weighted by molar-refractivity contribution is 7.20. The topological polar surface area (TPSA) is 78.9 Å². The number of aromatic nitrogens is 1. The number of ether oxygens (including phenoxy) is 1. The quantitative estimate of drug-likeness (QED) is 0.0158. The van der Waals surface area contributed by atoms with Crippen LogP contribution in [0.3, 0.4) is 0 Å². The van der Waals surface area contributed by atoms with Crippen LogP contribution in [0.1, 0.15) is 10.4 Å². The normalized spacial score (nSPS) is 11.4. The van der Waals surface area contributed by atoms with Crippen molar-refractivity contribution in [3.8, 4) is 5.88 Å². The van der Waals surface area contributed by atoms with Gasteiger partial charge < -0.3 is 4.74 Å². The highest BCUT2D eigenvalue weighted by Crippen LogP contribution is 2.31. The van der Waals surface area contributed by atoms with Gasteiger partial charge in [0.15, 0.2) is 82.7 Å². The molecule has 0 amide bonds. The molecule has 358 valence electrons. The maximum absolute atomic E-state index is 15.4. The van der Waals surface area contributed by atoms with E-state index in [2.05, 4.69) is 10.0 Å². The minimum Gasteiger partial charge on any atom is -0.438 e. The first-order chi connectivity index (χ1) is 32.5. The number of benzene rings is 6. The summed E-state index contributed by atoms with van der Waals surface area (Å²) in [5, 5.41) is 5.25. The highest BCUT2D eigenvalue weighted by atomic mass is 19.2. The molecule has 0 radical (unpaired) electrons. The average Bonchev–Trinajstić information content (AvgIpc) is 3.34. The fourth-order valence-electron chi connectivity index (χ4n) is 7.38. The Hall–Kier alpha value is -7.83. The van der Waals surface area contributed by atoms with Crippen LogP contribution in [0.5, 0.6) is 5.88 Å². The van der Waals surface area contributed by atoms with E-state index in [1.165, 1.54) is 0 Å². The van der Waals surface area contributed by atoms with E-state index < -0.39 is 144 Å². The maximum atomic E-state index is 15.4. The predicted molar refractivity (Wildman–Crippen MR) is 199 cm³/mol. The number of ketones is 1. The van der Waals surface area contributed by atoms with Gasteiger partial charge in [-0.3, -0.25) is 4.79 Å². The van der Waals surface area contributed by atoms with Crippen molar-refractivity contribution in [2.24, 2.45) is 5.11 Å². The lowest BCUT2D eigenvalue weighted by molar-refractivity contribution is -0.687. The lowest BCUT2D eigenvalue weighted by atomic mass is 9.12. The fourth-order valence-corrected chi connectivity index (χ4v) is 7.38. The number of pyridine rings is 1. The van der Waals surface area contributed by atoms with Gasteiger partial charge >= 0.3 is 5.88 Å². The van der Waals surface area contributed by atoms with Crippen LogP contribution in [0, 0.1) is 116 Å². The number of azide groups is 1. The molecule has 27 heteroatoms. The molecule has 6 aromatic carbocycles. The van der Waals surface area contributed by atoms with Gasteiger partial charge in [-0.15, -0.1) is 21.9 Å². The summed E-state index contributed by atoms with van der Waals surface area (Å²) in [6.45, 7) is 0.00445. The summed E-state index contributed by atoms with van der Waals surface area (Å²) in [5.74, 6) is -70.9. The van der Waals surface area contributed by atoms with Crippen LogP contribution in [-0.4, -0.2) is 18.7 Å². The zero-order chi connectivity index (χ0) is 51.1. The third kappa shape index (κ3) is 8.24. The van der Waals surface area contributed by atoms with E-state index in [1.807, 2.05) is 48.5 Å². The zero-order valence-corrected chi connectivity index (χ0v) is 33.0. The summed E-state index contributed by atoms with van der Waals surface area (Å²) in [6.07, 6.45) is -5.42. The summed E-state index contributed by atoms with van der Waals surface area (Å²) in [6, 6.07) is 18.7. The molecule has 1 aromatic heterocycles. The lowest BCUT2D eigenvalue weighted by Crippen LogP contribution is -2.81. The van der Waals surface area contributed by atoms with Crippen LogP contribution < -0.4 is 31.2 Å². The van der Waals surface area contributed by atoms with Gasteiger partial charge in [-0.25, -0.2) is 87.8 Å². The minimum absolute atomic E-state index is 0.0236. The molecule has 0 aliphatic carbocycles. The molecule has 0 saturated carbocycles. The first-order valence-electron chi connectivity index (χ1n) is 18.4. The Morgan fingerprint density at radius 2 is 0.783 bits per heavy atom. The summed E-state index contributed by atoms with van der Waals surface area (Å²) in [4.78, 5) is 15.2. The van der Waals surface area contributed by atoms with Gasteiger partial charge in [0.05, 0.1) is 5.39 Å². The molecule has 0 aliphatic rings. The van der Waals surface area contributed by atoms with E-state index in [0.29, 0.717) is 11.4 Å². The molecular weight excluding hydrogens is 983 g/mol. The van der Waals surface area contributed by atoms with Gasteiger partial charge in [-0.05, 0) is 17.0 Å². The SMILES string of the molecule is Fc1c(F)c(F)c([B-](c2c(F)c(F)c(F)c(F)c2F)(c2c(F)c(F)c(F)c(F)c2F)c2c(F)c(F)c(F)c(F)c2F)c(F)c1F.[N-]=[N+]=NCOc1c2ccccc2cc[n+]1CC(=O)c1ccccc1. The number of hydrogen-bond donors (Lipinski definition) is 0. The number of carbonyl (C=O) groups is 1. The Labute approximate surface area is 369 Å². The van der Waals surface area contributed by atoms with Crippen LogP contribution in [0.4, 0.5) is 87.8 Å². The lowest BCUT2D eigenvalue weighted by Gasteiger charge is -2.44. The number of rotatable bonds is 10. The molecule has 0 fully saturated rings. The van der Waals surface area contributed by atoms with E-state index >= 15 is 35.1 Å². The van der Waals surface area contributed by atoms with Crippen molar-refractivity contribution in [2.45, 2.75) is 6.54 Å². The van der Waals surface area contributed by atoms with Crippen molar-refractivity contribution in [3.63, 3.8) is 0 Å². The number of halogens is 20. The van der Waals surface area contributed by atoms with Gasteiger partial charge in [0.1, 0.15) is 52.7 Å². The molecule has 6 nitrogen and oxygen atoms in total. The Morgan fingerprint density at radius 1 is 0.464 bits per heavy atom. The standard InChI is InChI=1S/C24BF20.C18H15N4O2/c26-5-1(6(27)14(35)21(42)13(5)34)25(2-7(28)15(36)22(43)16(37)8(2)29,3-9(30)17(38)23(44)18(39)10(3)31)4-11(32)19(40)24(45)20(41)12(4)33;19-21-20-13-24-18-16-9-5-4-6-14(16)10-11-22(18)12-17(23)15-7-2-1-3-8-15/h;1-11H,12-13H2/q-1;+1. The fraction of sp³-hybridized carbons (Fsp3) is 0.0476. The van der Waals surface area contributed by atoms with Gasteiger partial charge in [-0.1, -0.05) is 53.6 Å². The van der Waals surface area contributed by atoms with E-state index in [9.17, 15) is 57.5 Å². The van der Waals surface area contributed by atoms with Crippen molar-refractivity contribution in [2.75, 3.05) is 6.73 Å². The van der Waals surface area contributed by atoms with Crippen molar-refractivity contribution in [1.29, 1.82) is 0 Å². The number of hydrogen-bond acceptors (Lipinski definition) is 3. The predicted octanol–water partition coefficient (Wildman–Crippen LogP) is 9.50. The molecule has 0 N–H and O–H groups in total. The van der Waals surface area contributed by atoms with Gasteiger partial charge in [0.2, 0.25) is 12.3 Å². The first-order valence-corrected chi connectivity index (χ1v) is 18.4. The number of Topliss-reactive ketones (excluding diaryl/α,β-unsaturated/α-hetero) is 1. The monoisotopic (exact) mass is 998 g/mol. The van der Waals surface area contributed by atoms with Crippen LogP contribution in [-0.2, 0) is 6.54 Å². The molecule has 7 aromatic rings. The second-order valence-corrected chi connectivity index (χ2v) is 13.9. The molecule has 0 atom stereocenters. The minimum atomic E-state index is -7.22. The Balaban J connectivity index is 0.000000273. The zero-order valence-electron chi connectivity index (χ0n) is 33.0. The second-order valence-electron chi connectivity index (χ2n) is 13.9. The van der Waals surface area contributed by atoms with Crippen molar-refractivity contribution in [3.05, 3.63) is 199 Å². The summed E-state index contributed by atoms with van der Waals surface area (Å²) >= 11 is 0. The van der Waals surface area contributed by atoms with E-state index in [1.54, 1.807) is 22.9 Å². The van der Waals surface area contributed by atoms with Crippen LogP contribution in [0.2, 0.25) is 0 Å². The third-order valence-corrected chi connectivity index (χ3v) is 10.3. The van der Waals surface area contributed by atoms with Gasteiger partial charge in [-0.2, -0.15) is 4.57 Å². The van der Waals surface area contributed by atoms with Crippen LogP contribution in [0.15, 0.2) is 72.0 Å². The van der Waals surface area contributed by atoms with E-state index in [4.69, 9.17) is 10.3 Å². The first kappa shape index (κ1) is 50.6. The third-order valence-electron chi connectivity index (χ3n) is 10.3. The Morgan fingerprint density at radius 3 is 1.13 bits per heavy atom. The number of nitrogens with zero attached hydrogens (tertiary/aromatic N) is 4. The molecule has 0 aliphatic heterocycles. The summed E-state index contributed by atoms with van der Waals surface area (Å²) in [5.41, 5.74) is -5.25. The van der Waals surface area contributed by atoms with Crippen LogP contribution >= 0.6 is 0 Å². The molecular formula is C42H15BF20N4O2. The van der Waals surface area contributed by atoms with Crippen molar-refractivity contribution >= 4 is 44.6 Å². The smallest absolute Gasteiger partial charge is 0.376 e. The van der Waals surface area contributed by atoms with Gasteiger partial charge in [0, 0.05) is 16.5 Å². The van der Waals surface area contributed by atoms with Crippen LogP contribution in [0.25, 0.3) is 21.2 Å². The average molecular weight is 998 g/mol. The Kier molecular flexibility index (Phi) is 14.2. The van der Waals surface area contributed by atoms with E-state index in [-0.39, 0.29) is 19.1 Å². The summed E-state index contributed by atoms with van der Waals surface area (Å²) in [7, 11) is 0. The molecule has 1 heterocycles. The highest BCUT2D eigenvalue weighted by Gasteiger charge is 2.52. The van der Waals surface area contributed by atoms with Crippen molar-refractivity contribution < 1.29 is 102 Å². The molecule has 7 rings (SSSR count). The largest absolute Gasteiger partial charge is 0.438 e. The van der Waals surface area contributed by atoms with Crippen molar-refractivity contribution in [1.82, 2.24) is 0 Å². The molecule has 0 saturated heterocycles. The number of carbonyl (C=O) groups excluding carboxylic acids is 1. The van der Waals surface area contributed by atoms with Gasteiger partial charge in [0.25, 0.3) is 0 Å². The molecule has 0 spiro atoms. The summed E-state index contributed by atoms with van der Waals surface area (Å²) < 4.78 is 301. The second kappa shape index (κ2) is 19.4.